The lowest BCUT2D eigenvalue weighted by molar-refractivity contribution is 0.249. The van der Waals surface area contributed by atoms with E-state index in [1.54, 1.807) is 0 Å². The van der Waals surface area contributed by atoms with Gasteiger partial charge in [-0.3, -0.25) is 5.32 Å². The molecule has 2 N–H and O–H groups in total. The van der Waals surface area contributed by atoms with Gasteiger partial charge in [-0.25, -0.2) is 4.79 Å². The van der Waals surface area contributed by atoms with E-state index in [4.69, 9.17) is 4.42 Å². The zero-order valence-electron chi connectivity index (χ0n) is 14.2. The van der Waals surface area contributed by atoms with Crippen LogP contribution in [0.4, 0.5) is 10.8 Å². The predicted molar refractivity (Wildman–Crippen MR) is 104 cm³/mol. The van der Waals surface area contributed by atoms with E-state index in [2.05, 4.69) is 20.8 Å². The second-order valence-electron chi connectivity index (χ2n) is 5.78. The van der Waals surface area contributed by atoms with E-state index in [0.29, 0.717) is 5.89 Å². The summed E-state index contributed by atoms with van der Waals surface area (Å²) >= 11 is 1.53. The number of thiophene rings is 1. The zero-order valence-corrected chi connectivity index (χ0v) is 15.0. The van der Waals surface area contributed by atoms with Crippen LogP contribution in [0.1, 0.15) is 17.2 Å². The standard InChI is InChI=1S/C20H16N4O2S/c25-19(22-20-24-23-18(26-20)16-11-12-27-13-16)21-17(14-7-3-1-4-8-14)15-9-5-2-6-10-15/h1-13,17H,(H2,21,22,24,25). The number of carbonyl (C=O) groups is 1. The molecule has 0 unspecified atom stereocenters. The normalized spacial score (nSPS) is 10.7. The molecular weight excluding hydrogens is 360 g/mol. The summed E-state index contributed by atoms with van der Waals surface area (Å²) in [5.41, 5.74) is 2.78. The predicted octanol–water partition coefficient (Wildman–Crippen LogP) is 4.71. The van der Waals surface area contributed by atoms with Crippen LogP contribution in [0.15, 0.2) is 81.9 Å². The average molecular weight is 376 g/mol. The Morgan fingerprint density at radius 2 is 1.59 bits per heavy atom. The van der Waals surface area contributed by atoms with Crippen molar-refractivity contribution in [3.8, 4) is 11.5 Å². The van der Waals surface area contributed by atoms with Gasteiger partial charge in [-0.1, -0.05) is 65.8 Å². The molecule has 0 fully saturated rings. The maximum absolute atomic E-state index is 12.5. The third-order valence-corrected chi connectivity index (χ3v) is 4.64. The van der Waals surface area contributed by atoms with E-state index in [-0.39, 0.29) is 12.1 Å². The molecule has 134 valence electrons. The Bertz CT molecular complexity index is 961. The lowest BCUT2D eigenvalue weighted by Gasteiger charge is -2.19. The number of hydrogen-bond acceptors (Lipinski definition) is 5. The van der Waals surface area contributed by atoms with Gasteiger partial charge >= 0.3 is 12.0 Å². The number of rotatable bonds is 5. The second-order valence-corrected chi connectivity index (χ2v) is 6.56. The number of carbonyl (C=O) groups excluding carboxylic acids is 1. The fraction of sp³-hybridized carbons (Fsp3) is 0.0500. The Hall–Kier alpha value is -3.45. The molecule has 7 heteroatoms. The van der Waals surface area contributed by atoms with Crippen LogP contribution >= 0.6 is 11.3 Å². The molecule has 0 spiro atoms. The topological polar surface area (TPSA) is 80.1 Å². The summed E-state index contributed by atoms with van der Waals surface area (Å²) in [6, 6.07) is 20.7. The SMILES string of the molecule is O=C(Nc1nnc(-c2ccsc2)o1)NC(c1ccccc1)c1ccccc1. The summed E-state index contributed by atoms with van der Waals surface area (Å²) in [5.74, 6) is 0.370. The van der Waals surface area contributed by atoms with Gasteiger partial charge in [-0.2, -0.15) is 11.3 Å². The highest BCUT2D eigenvalue weighted by Gasteiger charge is 2.18. The smallest absolute Gasteiger partial charge is 0.324 e. The minimum Gasteiger partial charge on any atom is -0.403 e. The van der Waals surface area contributed by atoms with Gasteiger partial charge in [0.2, 0.25) is 0 Å². The number of hydrogen-bond donors (Lipinski definition) is 2. The summed E-state index contributed by atoms with van der Waals surface area (Å²) in [6.07, 6.45) is 0. The van der Waals surface area contributed by atoms with Crippen molar-refractivity contribution >= 4 is 23.4 Å². The van der Waals surface area contributed by atoms with Crippen LogP contribution in [0.5, 0.6) is 0 Å². The van der Waals surface area contributed by atoms with Crippen LogP contribution in [0, 0.1) is 0 Å². The van der Waals surface area contributed by atoms with Crippen LogP contribution in [-0.2, 0) is 0 Å². The maximum Gasteiger partial charge on any atom is 0.324 e. The van der Waals surface area contributed by atoms with Gasteiger partial charge in [0.1, 0.15) is 0 Å². The van der Waals surface area contributed by atoms with Crippen LogP contribution < -0.4 is 10.6 Å². The third-order valence-electron chi connectivity index (χ3n) is 3.95. The molecule has 27 heavy (non-hydrogen) atoms. The number of amides is 2. The number of nitrogens with one attached hydrogen (secondary N) is 2. The van der Waals surface area contributed by atoms with E-state index in [1.165, 1.54) is 11.3 Å². The van der Waals surface area contributed by atoms with Crippen LogP contribution in [0.3, 0.4) is 0 Å². The minimum absolute atomic E-state index is 0.0496. The molecule has 2 aromatic carbocycles. The Balaban J connectivity index is 1.51. The second kappa shape index (κ2) is 7.84. The molecule has 6 nitrogen and oxygen atoms in total. The van der Waals surface area contributed by atoms with Crippen LogP contribution in [0.2, 0.25) is 0 Å². The zero-order chi connectivity index (χ0) is 18.5. The molecular formula is C20H16N4O2S. The van der Waals surface area contributed by atoms with Crippen molar-refractivity contribution in [2.75, 3.05) is 5.32 Å². The highest BCUT2D eigenvalue weighted by atomic mass is 32.1. The fourth-order valence-electron chi connectivity index (χ4n) is 2.69. The molecule has 0 bridgehead atoms. The highest BCUT2D eigenvalue weighted by Crippen LogP contribution is 2.23. The number of benzene rings is 2. The van der Waals surface area contributed by atoms with Gasteiger partial charge in [0, 0.05) is 10.9 Å². The fourth-order valence-corrected chi connectivity index (χ4v) is 3.32. The van der Waals surface area contributed by atoms with Crippen molar-refractivity contribution in [3.63, 3.8) is 0 Å². The van der Waals surface area contributed by atoms with Crippen molar-refractivity contribution in [1.82, 2.24) is 15.5 Å². The van der Waals surface area contributed by atoms with Gasteiger partial charge in [0.05, 0.1) is 6.04 Å². The molecule has 0 atom stereocenters. The van der Waals surface area contributed by atoms with Gasteiger partial charge in [0.15, 0.2) is 0 Å². The summed E-state index contributed by atoms with van der Waals surface area (Å²) in [4.78, 5) is 12.5. The first-order valence-electron chi connectivity index (χ1n) is 8.33. The first kappa shape index (κ1) is 17.0. The van der Waals surface area contributed by atoms with Crippen molar-refractivity contribution in [2.45, 2.75) is 6.04 Å². The molecule has 0 aliphatic carbocycles. The molecule has 2 heterocycles. The molecule has 0 aliphatic heterocycles. The summed E-state index contributed by atoms with van der Waals surface area (Å²) < 4.78 is 5.50. The Kier molecular flexibility index (Phi) is 4.93. The minimum atomic E-state index is -0.423. The number of anilines is 1. The molecule has 2 amide bonds. The summed E-state index contributed by atoms with van der Waals surface area (Å²) in [7, 11) is 0. The molecule has 0 aliphatic rings. The average Bonchev–Trinajstić information content (AvgIpc) is 3.39. The lowest BCUT2D eigenvalue weighted by Crippen LogP contribution is -2.33. The summed E-state index contributed by atoms with van der Waals surface area (Å²) in [5, 5.41) is 17.2. The number of nitrogens with zero attached hydrogens (tertiary/aromatic N) is 2. The van der Waals surface area contributed by atoms with E-state index in [9.17, 15) is 4.79 Å². The van der Waals surface area contributed by atoms with Crippen LogP contribution in [-0.4, -0.2) is 16.2 Å². The first-order chi connectivity index (χ1) is 13.3. The van der Waals surface area contributed by atoms with Crippen molar-refractivity contribution in [2.24, 2.45) is 0 Å². The van der Waals surface area contributed by atoms with Crippen molar-refractivity contribution in [3.05, 3.63) is 88.6 Å². The highest BCUT2D eigenvalue weighted by molar-refractivity contribution is 7.08. The quantitative estimate of drug-likeness (QED) is 0.529. The largest absolute Gasteiger partial charge is 0.403 e. The number of aromatic nitrogens is 2. The Labute approximate surface area is 159 Å². The van der Waals surface area contributed by atoms with Gasteiger partial charge in [-0.15, -0.1) is 5.10 Å². The molecule has 2 aromatic heterocycles. The van der Waals surface area contributed by atoms with Gasteiger partial charge in [-0.05, 0) is 22.6 Å². The third kappa shape index (κ3) is 4.04. The van der Waals surface area contributed by atoms with Crippen LogP contribution in [0.25, 0.3) is 11.5 Å². The van der Waals surface area contributed by atoms with E-state index in [1.807, 2.05) is 77.5 Å². The molecule has 0 saturated heterocycles. The summed E-state index contributed by atoms with van der Waals surface area (Å²) in [6.45, 7) is 0. The van der Waals surface area contributed by atoms with Crippen molar-refractivity contribution < 1.29 is 9.21 Å². The first-order valence-corrected chi connectivity index (χ1v) is 9.27. The molecule has 0 radical (unpaired) electrons. The molecule has 0 saturated carbocycles. The van der Waals surface area contributed by atoms with Gasteiger partial charge < -0.3 is 9.73 Å². The van der Waals surface area contributed by atoms with E-state index in [0.717, 1.165) is 16.7 Å². The van der Waals surface area contributed by atoms with E-state index >= 15 is 0 Å². The van der Waals surface area contributed by atoms with Gasteiger partial charge in [0.25, 0.3) is 5.89 Å². The monoisotopic (exact) mass is 376 g/mol. The molecule has 4 aromatic rings. The van der Waals surface area contributed by atoms with E-state index < -0.39 is 6.03 Å². The maximum atomic E-state index is 12.5. The Morgan fingerprint density at radius 1 is 0.926 bits per heavy atom. The lowest BCUT2D eigenvalue weighted by atomic mass is 9.99. The molecule has 4 rings (SSSR count). The Morgan fingerprint density at radius 3 is 2.19 bits per heavy atom. The number of urea groups is 1. The van der Waals surface area contributed by atoms with Crippen molar-refractivity contribution in [1.29, 1.82) is 0 Å².